The molecule has 1 fully saturated rings. The number of esters is 1. The van der Waals surface area contributed by atoms with Gasteiger partial charge in [-0.1, -0.05) is 6.92 Å². The number of aryl methyl sites for hydroxylation is 1. The number of piperidine rings is 1. The van der Waals surface area contributed by atoms with Crippen molar-refractivity contribution in [2.24, 2.45) is 5.92 Å². The number of aromatic nitrogens is 2. The second kappa shape index (κ2) is 8.16. The van der Waals surface area contributed by atoms with Crippen molar-refractivity contribution in [2.45, 2.75) is 26.7 Å². The van der Waals surface area contributed by atoms with Crippen LogP contribution in [0.25, 0.3) is 0 Å². The Morgan fingerprint density at radius 3 is 2.44 bits per heavy atom. The number of ether oxygens (including phenoxy) is 1. The molecule has 1 saturated heterocycles. The Hall–Kier alpha value is -2.96. The maximum Gasteiger partial charge on any atom is 0.337 e. The number of carbonyl (C=O) groups excluding carboxylic acids is 2. The van der Waals surface area contributed by atoms with Gasteiger partial charge in [0.1, 0.15) is 17.3 Å². The largest absolute Gasteiger partial charge is 0.465 e. The molecule has 1 amide bonds. The van der Waals surface area contributed by atoms with Crippen LogP contribution in [0.3, 0.4) is 0 Å². The van der Waals surface area contributed by atoms with E-state index in [4.69, 9.17) is 0 Å². The number of nitrogens with one attached hydrogen (secondary N) is 1. The number of rotatable bonds is 4. The third-order valence-corrected chi connectivity index (χ3v) is 4.73. The van der Waals surface area contributed by atoms with Gasteiger partial charge >= 0.3 is 5.97 Å². The molecule has 2 heterocycles. The lowest BCUT2D eigenvalue weighted by Gasteiger charge is -2.31. The van der Waals surface area contributed by atoms with E-state index < -0.39 is 5.97 Å². The Morgan fingerprint density at radius 1 is 1.15 bits per heavy atom. The molecule has 0 spiro atoms. The average molecular weight is 368 g/mol. The number of carbonyl (C=O) groups is 2. The van der Waals surface area contributed by atoms with E-state index in [1.807, 2.05) is 0 Å². The topological polar surface area (TPSA) is 84.4 Å². The maximum absolute atomic E-state index is 12.6. The number of amides is 1. The third kappa shape index (κ3) is 4.61. The molecule has 0 unspecified atom stereocenters. The minimum absolute atomic E-state index is 0.307. The first-order valence-corrected chi connectivity index (χ1v) is 9.06. The van der Waals surface area contributed by atoms with Crippen LogP contribution in [-0.4, -0.2) is 42.0 Å². The first-order valence-electron chi connectivity index (χ1n) is 9.06. The fourth-order valence-corrected chi connectivity index (χ4v) is 3.07. The molecule has 0 radical (unpaired) electrons. The van der Waals surface area contributed by atoms with Crippen molar-refractivity contribution in [1.82, 2.24) is 9.97 Å². The predicted molar refractivity (Wildman–Crippen MR) is 103 cm³/mol. The molecule has 27 heavy (non-hydrogen) atoms. The van der Waals surface area contributed by atoms with Crippen molar-refractivity contribution < 1.29 is 14.3 Å². The van der Waals surface area contributed by atoms with E-state index in [9.17, 15) is 9.59 Å². The number of hydrogen-bond acceptors (Lipinski definition) is 6. The van der Waals surface area contributed by atoms with Crippen molar-refractivity contribution >= 4 is 23.4 Å². The standard InChI is InChI=1S/C20H24N4O3/c1-13-8-10-24(11-9-13)18-12-17(21-14(2)22-18)19(25)23-16-6-4-15(5-7-16)20(26)27-3/h4-7,12-13H,8-11H2,1-3H3,(H,23,25). The van der Waals surface area contributed by atoms with Crippen LogP contribution in [0.5, 0.6) is 0 Å². The van der Waals surface area contributed by atoms with Crippen molar-refractivity contribution in [1.29, 1.82) is 0 Å². The summed E-state index contributed by atoms with van der Waals surface area (Å²) in [6, 6.07) is 8.26. The Labute approximate surface area is 158 Å². The minimum Gasteiger partial charge on any atom is -0.465 e. The van der Waals surface area contributed by atoms with Gasteiger partial charge in [-0.3, -0.25) is 4.79 Å². The zero-order valence-corrected chi connectivity index (χ0v) is 15.9. The summed E-state index contributed by atoms with van der Waals surface area (Å²) in [7, 11) is 1.33. The molecule has 0 saturated carbocycles. The van der Waals surface area contributed by atoms with E-state index in [1.54, 1.807) is 37.3 Å². The first kappa shape index (κ1) is 18.8. The van der Waals surface area contributed by atoms with E-state index in [0.717, 1.165) is 37.7 Å². The number of hydrogen-bond donors (Lipinski definition) is 1. The Kier molecular flexibility index (Phi) is 5.69. The molecule has 0 bridgehead atoms. The lowest BCUT2D eigenvalue weighted by molar-refractivity contribution is 0.0600. The van der Waals surface area contributed by atoms with Crippen molar-refractivity contribution in [3.63, 3.8) is 0 Å². The minimum atomic E-state index is -0.417. The van der Waals surface area contributed by atoms with Gasteiger partial charge < -0.3 is 15.0 Å². The van der Waals surface area contributed by atoms with E-state index in [-0.39, 0.29) is 5.91 Å². The Balaban J connectivity index is 1.73. The van der Waals surface area contributed by atoms with Crippen LogP contribution in [0, 0.1) is 12.8 Å². The summed E-state index contributed by atoms with van der Waals surface area (Å²) in [5.41, 5.74) is 1.33. The van der Waals surface area contributed by atoms with Crippen LogP contribution in [0.1, 0.15) is 46.4 Å². The molecule has 1 aliphatic rings. The summed E-state index contributed by atoms with van der Waals surface area (Å²) in [6.07, 6.45) is 2.24. The van der Waals surface area contributed by atoms with Gasteiger partial charge in [-0.15, -0.1) is 0 Å². The van der Waals surface area contributed by atoms with Gasteiger partial charge in [-0.25, -0.2) is 14.8 Å². The fourth-order valence-electron chi connectivity index (χ4n) is 3.07. The van der Waals surface area contributed by atoms with E-state index in [1.165, 1.54) is 7.11 Å². The predicted octanol–water partition coefficient (Wildman–Crippen LogP) is 3.06. The summed E-state index contributed by atoms with van der Waals surface area (Å²) in [4.78, 5) is 35.1. The van der Waals surface area contributed by atoms with Gasteiger partial charge in [0, 0.05) is 24.8 Å². The molecular weight excluding hydrogens is 344 g/mol. The molecule has 7 nitrogen and oxygen atoms in total. The summed E-state index contributed by atoms with van der Waals surface area (Å²) in [5, 5.41) is 2.81. The highest BCUT2D eigenvalue weighted by atomic mass is 16.5. The monoisotopic (exact) mass is 368 g/mol. The highest BCUT2D eigenvalue weighted by molar-refractivity contribution is 6.03. The quantitative estimate of drug-likeness (QED) is 0.835. The Bertz CT molecular complexity index is 828. The zero-order chi connectivity index (χ0) is 19.4. The Morgan fingerprint density at radius 2 is 1.81 bits per heavy atom. The SMILES string of the molecule is COC(=O)c1ccc(NC(=O)c2cc(N3CCC(C)CC3)nc(C)n2)cc1. The third-order valence-electron chi connectivity index (χ3n) is 4.73. The molecule has 1 N–H and O–H groups in total. The summed E-state index contributed by atoms with van der Waals surface area (Å²) in [5.74, 6) is 1.36. The van der Waals surface area contributed by atoms with Gasteiger partial charge in [-0.05, 0) is 49.9 Å². The van der Waals surface area contributed by atoms with Gasteiger partial charge in [0.05, 0.1) is 12.7 Å². The second-order valence-electron chi connectivity index (χ2n) is 6.85. The normalized spacial score (nSPS) is 14.7. The summed E-state index contributed by atoms with van der Waals surface area (Å²) < 4.78 is 4.67. The average Bonchev–Trinajstić information content (AvgIpc) is 2.68. The number of anilines is 2. The van der Waals surface area contributed by atoms with Crippen LogP contribution in [0.2, 0.25) is 0 Å². The number of methoxy groups -OCH3 is 1. The molecule has 0 aliphatic carbocycles. The van der Waals surface area contributed by atoms with Gasteiger partial charge in [0.15, 0.2) is 0 Å². The lowest BCUT2D eigenvalue weighted by atomic mass is 9.99. The number of benzene rings is 1. The van der Waals surface area contributed by atoms with E-state index in [0.29, 0.717) is 22.8 Å². The van der Waals surface area contributed by atoms with Crippen LogP contribution in [0.15, 0.2) is 30.3 Å². The highest BCUT2D eigenvalue weighted by Crippen LogP contribution is 2.22. The summed E-state index contributed by atoms with van der Waals surface area (Å²) >= 11 is 0. The number of nitrogens with zero attached hydrogens (tertiary/aromatic N) is 3. The molecule has 2 aromatic rings. The molecule has 3 rings (SSSR count). The van der Waals surface area contributed by atoms with Gasteiger partial charge in [0.2, 0.25) is 0 Å². The van der Waals surface area contributed by atoms with Crippen LogP contribution >= 0.6 is 0 Å². The van der Waals surface area contributed by atoms with Crippen LogP contribution < -0.4 is 10.2 Å². The van der Waals surface area contributed by atoms with E-state index in [2.05, 4.69) is 31.8 Å². The van der Waals surface area contributed by atoms with Gasteiger partial charge in [0.25, 0.3) is 5.91 Å². The van der Waals surface area contributed by atoms with Crippen molar-refractivity contribution in [2.75, 3.05) is 30.4 Å². The van der Waals surface area contributed by atoms with Crippen LogP contribution in [0.4, 0.5) is 11.5 Å². The second-order valence-corrected chi connectivity index (χ2v) is 6.85. The van der Waals surface area contributed by atoms with Crippen LogP contribution in [-0.2, 0) is 4.74 Å². The summed E-state index contributed by atoms with van der Waals surface area (Å²) in [6.45, 7) is 5.92. The smallest absolute Gasteiger partial charge is 0.337 e. The molecule has 1 aromatic carbocycles. The maximum atomic E-state index is 12.6. The molecule has 1 aliphatic heterocycles. The highest BCUT2D eigenvalue weighted by Gasteiger charge is 2.19. The molecule has 0 atom stereocenters. The van der Waals surface area contributed by atoms with Crippen molar-refractivity contribution in [3.05, 3.63) is 47.4 Å². The van der Waals surface area contributed by atoms with Crippen molar-refractivity contribution in [3.8, 4) is 0 Å². The molecule has 7 heteroatoms. The molecule has 142 valence electrons. The molecular formula is C20H24N4O3. The van der Waals surface area contributed by atoms with Gasteiger partial charge in [-0.2, -0.15) is 0 Å². The first-order chi connectivity index (χ1) is 13.0. The lowest BCUT2D eigenvalue weighted by Crippen LogP contribution is -2.34. The van der Waals surface area contributed by atoms with E-state index >= 15 is 0 Å². The fraction of sp³-hybridized carbons (Fsp3) is 0.400. The zero-order valence-electron chi connectivity index (χ0n) is 15.9. The molecule has 1 aromatic heterocycles.